The van der Waals surface area contributed by atoms with E-state index in [-0.39, 0.29) is 17.5 Å². The summed E-state index contributed by atoms with van der Waals surface area (Å²) in [6.07, 6.45) is 14.3. The first-order chi connectivity index (χ1) is 11.7. The fourth-order valence-corrected chi connectivity index (χ4v) is 3.48. The maximum Gasteiger partial charge on any atom is 0.311 e. The average molecular weight is 355 g/mol. The summed E-state index contributed by atoms with van der Waals surface area (Å²) in [6.45, 7) is 14.9. The minimum atomic E-state index is -0.359. The van der Waals surface area contributed by atoms with E-state index < -0.39 is 0 Å². The Kier molecular flexibility index (Phi) is 13.4. The summed E-state index contributed by atoms with van der Waals surface area (Å²) < 4.78 is 5.84. The van der Waals surface area contributed by atoms with Crippen molar-refractivity contribution in [3.63, 3.8) is 0 Å². The molecule has 0 aliphatic heterocycles. The van der Waals surface area contributed by atoms with Crippen LogP contribution in [0.1, 0.15) is 119 Å². The molecule has 0 unspecified atom stereocenters. The van der Waals surface area contributed by atoms with Crippen LogP contribution in [0.15, 0.2) is 0 Å². The van der Waals surface area contributed by atoms with Gasteiger partial charge in [-0.05, 0) is 32.1 Å². The molecule has 0 N–H and O–H groups in total. The predicted molar refractivity (Wildman–Crippen MR) is 110 cm³/mol. The van der Waals surface area contributed by atoms with E-state index in [0.717, 1.165) is 12.8 Å². The van der Waals surface area contributed by atoms with Gasteiger partial charge in [-0.15, -0.1) is 0 Å². The minimum absolute atomic E-state index is 0.0178. The zero-order valence-corrected chi connectivity index (χ0v) is 18.3. The largest absolute Gasteiger partial charge is 0.461 e. The zero-order chi connectivity index (χ0) is 19.3. The van der Waals surface area contributed by atoms with Crippen LogP contribution < -0.4 is 0 Å². The topological polar surface area (TPSA) is 26.3 Å². The van der Waals surface area contributed by atoms with Crippen molar-refractivity contribution in [3.05, 3.63) is 0 Å². The van der Waals surface area contributed by atoms with Crippen LogP contribution in [-0.2, 0) is 9.53 Å². The lowest BCUT2D eigenvalue weighted by atomic mass is 9.86. The van der Waals surface area contributed by atoms with Crippen molar-refractivity contribution >= 4 is 5.97 Å². The summed E-state index contributed by atoms with van der Waals surface area (Å²) in [5.41, 5.74) is -0.359. The molecule has 150 valence electrons. The first-order valence-electron chi connectivity index (χ1n) is 10.9. The maximum absolute atomic E-state index is 12.6. The summed E-state index contributed by atoms with van der Waals surface area (Å²) in [6, 6.07) is 0. The normalized spacial score (nSPS) is 12.4. The quantitative estimate of drug-likeness (QED) is 0.224. The third-order valence-corrected chi connectivity index (χ3v) is 5.27. The van der Waals surface area contributed by atoms with Gasteiger partial charge in [0.1, 0.15) is 6.10 Å². The van der Waals surface area contributed by atoms with Crippen molar-refractivity contribution in [2.75, 3.05) is 0 Å². The molecule has 0 rings (SSSR count). The summed E-state index contributed by atoms with van der Waals surface area (Å²) in [5, 5.41) is 0. The summed E-state index contributed by atoms with van der Waals surface area (Å²) in [4.78, 5) is 12.6. The molecule has 0 aromatic heterocycles. The number of carbonyl (C=O) groups excluding carboxylic acids is 1. The molecule has 0 spiro atoms. The SMILES string of the molecule is CCCCCCCCCCCCC(C)(C)C(=O)OC(C(C)C)C(C)C. The molecule has 0 aliphatic rings. The number of carbonyl (C=O) groups is 1. The Hall–Kier alpha value is -0.530. The van der Waals surface area contributed by atoms with Gasteiger partial charge in [0.05, 0.1) is 5.41 Å². The highest BCUT2D eigenvalue weighted by Crippen LogP contribution is 2.28. The molecule has 0 aliphatic carbocycles. The lowest BCUT2D eigenvalue weighted by Crippen LogP contribution is -2.35. The van der Waals surface area contributed by atoms with Gasteiger partial charge >= 0.3 is 5.97 Å². The van der Waals surface area contributed by atoms with Crippen LogP contribution in [0.3, 0.4) is 0 Å². The smallest absolute Gasteiger partial charge is 0.311 e. The van der Waals surface area contributed by atoms with Gasteiger partial charge in [0.15, 0.2) is 0 Å². The van der Waals surface area contributed by atoms with E-state index in [1.165, 1.54) is 57.8 Å². The molecule has 0 fully saturated rings. The van der Waals surface area contributed by atoms with Crippen molar-refractivity contribution in [1.29, 1.82) is 0 Å². The predicted octanol–water partition coefficient (Wildman–Crippen LogP) is 7.55. The van der Waals surface area contributed by atoms with Gasteiger partial charge in [-0.2, -0.15) is 0 Å². The highest BCUT2D eigenvalue weighted by atomic mass is 16.5. The summed E-state index contributed by atoms with van der Waals surface area (Å²) in [7, 11) is 0. The molecule has 25 heavy (non-hydrogen) atoms. The molecular formula is C23H46O2. The van der Waals surface area contributed by atoms with Gasteiger partial charge in [0.2, 0.25) is 0 Å². The second-order valence-corrected chi connectivity index (χ2v) is 9.17. The standard InChI is InChI=1S/C23H46O2/c1-8-9-10-11-12-13-14-15-16-17-18-23(6,7)22(24)25-21(19(2)3)20(4)5/h19-21H,8-18H2,1-7H3. The Morgan fingerprint density at radius 1 is 0.760 bits per heavy atom. The molecule has 0 saturated heterocycles. The lowest BCUT2D eigenvalue weighted by Gasteiger charge is -2.30. The highest BCUT2D eigenvalue weighted by molar-refractivity contribution is 5.76. The van der Waals surface area contributed by atoms with Gasteiger partial charge in [0.25, 0.3) is 0 Å². The number of unbranched alkanes of at least 4 members (excludes halogenated alkanes) is 9. The molecular weight excluding hydrogens is 308 g/mol. The van der Waals surface area contributed by atoms with Crippen LogP contribution in [0.25, 0.3) is 0 Å². The number of ether oxygens (including phenoxy) is 1. The summed E-state index contributed by atoms with van der Waals surface area (Å²) >= 11 is 0. The van der Waals surface area contributed by atoms with Crippen molar-refractivity contribution in [1.82, 2.24) is 0 Å². The van der Waals surface area contributed by atoms with E-state index >= 15 is 0 Å². The Balaban J connectivity index is 3.90. The van der Waals surface area contributed by atoms with Crippen molar-refractivity contribution < 1.29 is 9.53 Å². The molecule has 0 aromatic carbocycles. The molecule has 0 aromatic rings. The van der Waals surface area contributed by atoms with Crippen LogP contribution in [0.5, 0.6) is 0 Å². The Labute approximate surface area is 158 Å². The van der Waals surface area contributed by atoms with Crippen LogP contribution >= 0.6 is 0 Å². The molecule has 0 radical (unpaired) electrons. The third kappa shape index (κ3) is 11.7. The molecule has 2 heteroatoms. The van der Waals surface area contributed by atoms with Gasteiger partial charge in [-0.1, -0.05) is 98.8 Å². The molecule has 0 saturated carbocycles. The minimum Gasteiger partial charge on any atom is -0.461 e. The van der Waals surface area contributed by atoms with Crippen LogP contribution in [0.4, 0.5) is 0 Å². The van der Waals surface area contributed by atoms with Gasteiger partial charge in [-0.3, -0.25) is 4.79 Å². The Morgan fingerprint density at radius 2 is 1.16 bits per heavy atom. The molecule has 0 bridgehead atoms. The van der Waals surface area contributed by atoms with Crippen molar-refractivity contribution in [3.8, 4) is 0 Å². The van der Waals surface area contributed by atoms with Gasteiger partial charge in [0, 0.05) is 0 Å². The van der Waals surface area contributed by atoms with Gasteiger partial charge in [-0.25, -0.2) is 0 Å². The second kappa shape index (κ2) is 13.6. The average Bonchev–Trinajstić information content (AvgIpc) is 2.53. The van der Waals surface area contributed by atoms with Gasteiger partial charge < -0.3 is 4.74 Å². The third-order valence-electron chi connectivity index (χ3n) is 5.27. The first-order valence-corrected chi connectivity index (χ1v) is 10.9. The Bertz CT molecular complexity index is 323. The fourth-order valence-electron chi connectivity index (χ4n) is 3.48. The van der Waals surface area contributed by atoms with E-state index in [4.69, 9.17) is 4.74 Å². The van der Waals surface area contributed by atoms with E-state index in [2.05, 4.69) is 34.6 Å². The number of esters is 1. The monoisotopic (exact) mass is 354 g/mol. The van der Waals surface area contributed by atoms with Crippen LogP contribution in [-0.4, -0.2) is 12.1 Å². The van der Waals surface area contributed by atoms with Crippen LogP contribution in [0, 0.1) is 17.3 Å². The maximum atomic E-state index is 12.6. The van der Waals surface area contributed by atoms with E-state index in [0.29, 0.717) is 11.8 Å². The first kappa shape index (κ1) is 24.5. The zero-order valence-electron chi connectivity index (χ0n) is 18.3. The lowest BCUT2D eigenvalue weighted by molar-refractivity contribution is -0.165. The number of rotatable bonds is 15. The number of hydrogen-bond acceptors (Lipinski definition) is 2. The van der Waals surface area contributed by atoms with E-state index in [1.54, 1.807) is 0 Å². The molecule has 0 heterocycles. The highest BCUT2D eigenvalue weighted by Gasteiger charge is 2.32. The fraction of sp³-hybridized carbons (Fsp3) is 0.957. The molecule has 0 amide bonds. The summed E-state index contributed by atoms with van der Waals surface area (Å²) in [5.74, 6) is 0.727. The number of hydrogen-bond donors (Lipinski definition) is 0. The van der Waals surface area contributed by atoms with E-state index in [1.807, 2.05) is 13.8 Å². The van der Waals surface area contributed by atoms with Crippen LogP contribution in [0.2, 0.25) is 0 Å². The van der Waals surface area contributed by atoms with Crippen molar-refractivity contribution in [2.24, 2.45) is 17.3 Å². The van der Waals surface area contributed by atoms with E-state index in [9.17, 15) is 4.79 Å². The Morgan fingerprint density at radius 3 is 1.56 bits per heavy atom. The molecule has 0 atom stereocenters. The van der Waals surface area contributed by atoms with Crippen molar-refractivity contribution in [2.45, 2.75) is 125 Å². The molecule has 2 nitrogen and oxygen atoms in total. The second-order valence-electron chi connectivity index (χ2n) is 9.17.